The molecule has 0 saturated carbocycles. The van der Waals surface area contributed by atoms with Gasteiger partial charge in [-0.2, -0.15) is 0 Å². The molecule has 1 atom stereocenters. The van der Waals surface area contributed by atoms with Gasteiger partial charge in [0.05, 0.1) is 13.1 Å². The van der Waals surface area contributed by atoms with Gasteiger partial charge in [-0.15, -0.1) is 0 Å². The summed E-state index contributed by atoms with van der Waals surface area (Å²) < 4.78 is 5.89. The summed E-state index contributed by atoms with van der Waals surface area (Å²) in [6.07, 6.45) is 3.00. The summed E-state index contributed by atoms with van der Waals surface area (Å²) in [7, 11) is 1.78. The minimum Gasteiger partial charge on any atom is -0.489 e. The summed E-state index contributed by atoms with van der Waals surface area (Å²) in [5.74, 6) is 1.79. The highest BCUT2D eigenvalue weighted by Gasteiger charge is 2.21. The van der Waals surface area contributed by atoms with E-state index in [0.717, 1.165) is 50.6 Å². The van der Waals surface area contributed by atoms with Gasteiger partial charge in [0.2, 0.25) is 5.91 Å². The van der Waals surface area contributed by atoms with Crippen LogP contribution in [0, 0.1) is 0 Å². The summed E-state index contributed by atoms with van der Waals surface area (Å²) in [4.78, 5) is 18.4. The van der Waals surface area contributed by atoms with Crippen molar-refractivity contribution in [1.82, 2.24) is 20.9 Å². The number of benzene rings is 1. The third kappa shape index (κ3) is 8.17. The molecule has 0 radical (unpaired) electrons. The number of aliphatic imine (C=N–C) groups is 1. The van der Waals surface area contributed by atoms with Crippen molar-refractivity contribution in [1.29, 1.82) is 0 Å². The maximum absolute atomic E-state index is 11.8. The Bertz CT molecular complexity index is 600. The number of hydrogen-bond donors (Lipinski definition) is 3. The lowest BCUT2D eigenvalue weighted by molar-refractivity contribution is -0.122. The van der Waals surface area contributed by atoms with Gasteiger partial charge in [-0.3, -0.25) is 14.7 Å². The molecule has 1 heterocycles. The molecule has 1 amide bonds. The van der Waals surface area contributed by atoms with E-state index in [9.17, 15) is 4.79 Å². The normalized spacial score (nSPS) is 17.0. The summed E-state index contributed by atoms with van der Waals surface area (Å²) in [5, 5.41) is 9.77. The number of piperidine rings is 1. The van der Waals surface area contributed by atoms with E-state index in [1.165, 1.54) is 0 Å². The number of ether oxygens (including phenoxy) is 1. The molecule has 7 heteroatoms. The molecular formula is C21H35N5O2. The highest BCUT2D eigenvalue weighted by atomic mass is 16.5. The second-order valence-corrected chi connectivity index (χ2v) is 7.24. The number of nitrogens with zero attached hydrogens (tertiary/aromatic N) is 2. The molecule has 1 saturated heterocycles. The number of carbonyl (C=O) groups excluding carboxylic acids is 1. The molecule has 1 aliphatic rings. The van der Waals surface area contributed by atoms with Crippen LogP contribution in [-0.2, 0) is 4.79 Å². The molecule has 0 aliphatic carbocycles. The molecule has 1 unspecified atom stereocenters. The molecule has 1 fully saturated rings. The van der Waals surface area contributed by atoms with E-state index in [1.807, 2.05) is 37.3 Å². The monoisotopic (exact) mass is 389 g/mol. The Balaban J connectivity index is 1.66. The molecule has 156 valence electrons. The standard InChI is InChI=1S/C21H35N5O2/c1-4-12-23-20(27)16-26-13-10-18(11-14-26)25-21(22-3)24-15-17(2)28-19-8-6-5-7-9-19/h5-9,17-18H,4,10-16H2,1-3H3,(H,23,27)(H2,22,24,25). The number of carbonyl (C=O) groups is 1. The lowest BCUT2D eigenvalue weighted by Crippen LogP contribution is -2.51. The quantitative estimate of drug-likeness (QED) is 0.442. The van der Waals surface area contributed by atoms with Gasteiger partial charge in [-0.25, -0.2) is 0 Å². The predicted molar refractivity (Wildman–Crippen MR) is 114 cm³/mol. The molecule has 2 rings (SSSR count). The number of rotatable bonds is 9. The van der Waals surface area contributed by atoms with Crippen LogP contribution in [0.2, 0.25) is 0 Å². The number of nitrogens with one attached hydrogen (secondary N) is 3. The number of para-hydroxylation sites is 1. The third-order valence-corrected chi connectivity index (χ3v) is 4.73. The van der Waals surface area contributed by atoms with E-state index in [0.29, 0.717) is 19.1 Å². The summed E-state index contributed by atoms with van der Waals surface area (Å²) in [6, 6.07) is 10.2. The number of guanidine groups is 1. The van der Waals surface area contributed by atoms with Crippen LogP contribution in [0.4, 0.5) is 0 Å². The Morgan fingerprint density at radius 2 is 1.96 bits per heavy atom. The van der Waals surface area contributed by atoms with Crippen molar-refractivity contribution in [2.75, 3.05) is 39.8 Å². The summed E-state index contributed by atoms with van der Waals surface area (Å²) >= 11 is 0. The number of likely N-dealkylation sites (tertiary alicyclic amines) is 1. The first-order valence-corrected chi connectivity index (χ1v) is 10.3. The molecule has 0 spiro atoms. The Kier molecular flexibility index (Phi) is 9.62. The third-order valence-electron chi connectivity index (χ3n) is 4.73. The first-order valence-electron chi connectivity index (χ1n) is 10.3. The van der Waals surface area contributed by atoms with E-state index < -0.39 is 0 Å². The molecule has 7 nitrogen and oxygen atoms in total. The van der Waals surface area contributed by atoms with E-state index in [-0.39, 0.29) is 12.0 Å². The zero-order chi connectivity index (χ0) is 20.2. The highest BCUT2D eigenvalue weighted by molar-refractivity contribution is 5.80. The van der Waals surface area contributed by atoms with Crippen LogP contribution < -0.4 is 20.7 Å². The first kappa shape index (κ1) is 22.0. The van der Waals surface area contributed by atoms with Crippen LogP contribution in [0.3, 0.4) is 0 Å². The second kappa shape index (κ2) is 12.2. The van der Waals surface area contributed by atoms with Gasteiger partial charge in [0.15, 0.2) is 5.96 Å². The lowest BCUT2D eigenvalue weighted by Gasteiger charge is -2.32. The van der Waals surface area contributed by atoms with Gasteiger partial charge in [0, 0.05) is 32.7 Å². The van der Waals surface area contributed by atoms with Crippen LogP contribution in [0.25, 0.3) is 0 Å². The van der Waals surface area contributed by atoms with Crippen LogP contribution in [0.5, 0.6) is 5.75 Å². The predicted octanol–water partition coefficient (Wildman–Crippen LogP) is 1.61. The Labute approximate surface area is 168 Å². The topological polar surface area (TPSA) is 78.0 Å². The molecule has 0 aromatic heterocycles. The lowest BCUT2D eigenvalue weighted by atomic mass is 10.1. The van der Waals surface area contributed by atoms with Crippen LogP contribution >= 0.6 is 0 Å². The Hall–Kier alpha value is -2.28. The maximum atomic E-state index is 11.8. The van der Waals surface area contributed by atoms with Crippen LogP contribution in [0.15, 0.2) is 35.3 Å². The SMILES string of the molecule is CCCNC(=O)CN1CCC(NC(=NC)NCC(C)Oc2ccccc2)CC1. The van der Waals surface area contributed by atoms with Crippen molar-refractivity contribution < 1.29 is 9.53 Å². The van der Waals surface area contributed by atoms with E-state index >= 15 is 0 Å². The van der Waals surface area contributed by atoms with Gasteiger partial charge in [0.1, 0.15) is 11.9 Å². The maximum Gasteiger partial charge on any atom is 0.234 e. The van der Waals surface area contributed by atoms with E-state index in [2.05, 4.69) is 32.8 Å². The molecule has 1 aliphatic heterocycles. The fourth-order valence-electron chi connectivity index (χ4n) is 3.16. The molecule has 3 N–H and O–H groups in total. The molecular weight excluding hydrogens is 354 g/mol. The van der Waals surface area contributed by atoms with Gasteiger partial charge < -0.3 is 20.7 Å². The fraction of sp³-hybridized carbons (Fsp3) is 0.619. The average Bonchev–Trinajstić information content (AvgIpc) is 2.71. The highest BCUT2D eigenvalue weighted by Crippen LogP contribution is 2.11. The Morgan fingerprint density at radius 1 is 1.25 bits per heavy atom. The van der Waals surface area contributed by atoms with Gasteiger partial charge in [-0.1, -0.05) is 25.1 Å². The molecule has 0 bridgehead atoms. The second-order valence-electron chi connectivity index (χ2n) is 7.24. The molecule has 28 heavy (non-hydrogen) atoms. The van der Waals surface area contributed by atoms with Crippen molar-refractivity contribution in [2.24, 2.45) is 4.99 Å². The largest absolute Gasteiger partial charge is 0.489 e. The summed E-state index contributed by atoms with van der Waals surface area (Å²) in [5.41, 5.74) is 0. The molecule has 1 aromatic rings. The van der Waals surface area contributed by atoms with Crippen molar-refractivity contribution in [3.8, 4) is 5.75 Å². The van der Waals surface area contributed by atoms with Gasteiger partial charge >= 0.3 is 0 Å². The number of amides is 1. The van der Waals surface area contributed by atoms with E-state index in [4.69, 9.17) is 4.74 Å². The smallest absolute Gasteiger partial charge is 0.234 e. The van der Waals surface area contributed by atoms with Crippen molar-refractivity contribution in [3.05, 3.63) is 30.3 Å². The average molecular weight is 390 g/mol. The van der Waals surface area contributed by atoms with Crippen molar-refractivity contribution in [3.63, 3.8) is 0 Å². The summed E-state index contributed by atoms with van der Waals surface area (Å²) in [6.45, 7) is 7.86. The molecule has 1 aromatic carbocycles. The van der Waals surface area contributed by atoms with Gasteiger partial charge in [0.25, 0.3) is 0 Å². The minimum absolute atomic E-state index is 0.0319. The van der Waals surface area contributed by atoms with Crippen molar-refractivity contribution in [2.45, 2.75) is 45.3 Å². The first-order chi connectivity index (χ1) is 13.6. The zero-order valence-corrected chi connectivity index (χ0v) is 17.4. The Morgan fingerprint density at radius 3 is 2.61 bits per heavy atom. The van der Waals surface area contributed by atoms with Crippen molar-refractivity contribution >= 4 is 11.9 Å². The zero-order valence-electron chi connectivity index (χ0n) is 17.4. The minimum atomic E-state index is 0.0319. The number of hydrogen-bond acceptors (Lipinski definition) is 4. The van der Waals surface area contributed by atoms with Crippen LogP contribution in [-0.4, -0.2) is 68.7 Å². The fourth-order valence-corrected chi connectivity index (χ4v) is 3.16. The van der Waals surface area contributed by atoms with E-state index in [1.54, 1.807) is 7.05 Å². The van der Waals surface area contributed by atoms with Gasteiger partial charge in [-0.05, 0) is 38.3 Å². The van der Waals surface area contributed by atoms with Crippen LogP contribution in [0.1, 0.15) is 33.1 Å².